The number of carbonyl (C=O) groups is 1. The number of anilines is 1. The van der Waals surface area contributed by atoms with Crippen LogP contribution in [0.1, 0.15) is 49.8 Å². The molecule has 9 nitrogen and oxygen atoms in total. The Hall–Kier alpha value is -3.46. The summed E-state index contributed by atoms with van der Waals surface area (Å²) in [5.74, 6) is 1.03. The van der Waals surface area contributed by atoms with E-state index in [0.29, 0.717) is 19.0 Å². The van der Waals surface area contributed by atoms with Crippen LogP contribution in [0.15, 0.2) is 24.7 Å². The lowest BCUT2D eigenvalue weighted by Crippen LogP contribution is -2.52. The molecule has 35 heavy (non-hydrogen) atoms. The zero-order valence-corrected chi connectivity index (χ0v) is 21.2. The van der Waals surface area contributed by atoms with Crippen molar-refractivity contribution in [3.63, 3.8) is 0 Å². The van der Waals surface area contributed by atoms with E-state index in [1.165, 1.54) is 11.1 Å². The Morgan fingerprint density at radius 2 is 2.03 bits per heavy atom. The molecule has 5 heterocycles. The van der Waals surface area contributed by atoms with Gasteiger partial charge in [-0.25, -0.2) is 14.5 Å². The number of hydrogen-bond acceptors (Lipinski definition) is 6. The molecule has 5 rings (SSSR count). The number of rotatable bonds is 6. The number of hydrogen-bond donors (Lipinski definition) is 2. The van der Waals surface area contributed by atoms with E-state index in [-0.39, 0.29) is 11.8 Å². The zero-order valence-electron chi connectivity index (χ0n) is 21.2. The molecule has 0 radical (unpaired) electrons. The van der Waals surface area contributed by atoms with Crippen LogP contribution in [0.5, 0.6) is 0 Å². The number of carbonyl (C=O) groups excluding carboxylic acids is 1. The first kappa shape index (κ1) is 23.3. The summed E-state index contributed by atoms with van der Waals surface area (Å²) in [6, 6.07) is 4.55. The van der Waals surface area contributed by atoms with E-state index in [9.17, 15) is 4.79 Å². The van der Waals surface area contributed by atoms with Gasteiger partial charge in [0.25, 0.3) is 0 Å². The Labute approximate surface area is 205 Å². The topological polar surface area (TPSA) is 108 Å². The normalized spacial score (nSPS) is 17.2. The average Bonchev–Trinajstić information content (AvgIpc) is 3.44. The minimum Gasteiger partial charge on any atom is -0.370 e. The molecule has 1 aliphatic rings. The van der Waals surface area contributed by atoms with E-state index >= 15 is 0 Å². The number of nitrogens with two attached hydrogens (primary N) is 1. The molecule has 1 saturated heterocycles. The maximum Gasteiger partial charge on any atom is 0.218 e. The third kappa shape index (κ3) is 4.14. The lowest BCUT2D eigenvalue weighted by Gasteiger charge is -2.40. The van der Waals surface area contributed by atoms with Crippen molar-refractivity contribution in [3.05, 3.63) is 41.3 Å². The van der Waals surface area contributed by atoms with Crippen LogP contribution in [-0.4, -0.2) is 67.6 Å². The summed E-state index contributed by atoms with van der Waals surface area (Å²) >= 11 is 0. The lowest BCUT2D eigenvalue weighted by atomic mass is 9.95. The van der Waals surface area contributed by atoms with Crippen molar-refractivity contribution in [2.45, 2.75) is 53.0 Å². The van der Waals surface area contributed by atoms with Gasteiger partial charge in [-0.3, -0.25) is 9.69 Å². The van der Waals surface area contributed by atoms with E-state index in [1.807, 2.05) is 4.52 Å². The number of piperazine rings is 1. The van der Waals surface area contributed by atoms with Gasteiger partial charge in [-0.05, 0) is 49.9 Å². The molecule has 0 aliphatic carbocycles. The molecule has 9 heteroatoms. The average molecular weight is 475 g/mol. The molecule has 0 spiro atoms. The van der Waals surface area contributed by atoms with Crippen LogP contribution in [0.2, 0.25) is 0 Å². The van der Waals surface area contributed by atoms with Crippen LogP contribution in [0.25, 0.3) is 27.9 Å². The Balaban J connectivity index is 1.53. The van der Waals surface area contributed by atoms with Crippen molar-refractivity contribution in [2.24, 2.45) is 5.73 Å². The van der Waals surface area contributed by atoms with Gasteiger partial charge in [-0.2, -0.15) is 5.10 Å². The van der Waals surface area contributed by atoms with Crippen LogP contribution in [-0.2, 0) is 4.79 Å². The first-order chi connectivity index (χ1) is 16.7. The summed E-state index contributed by atoms with van der Waals surface area (Å²) in [5.41, 5.74) is 14.1. The number of pyridine rings is 2. The third-order valence-corrected chi connectivity index (χ3v) is 7.32. The summed E-state index contributed by atoms with van der Waals surface area (Å²) in [7, 11) is 0. The molecule has 1 atom stereocenters. The highest BCUT2D eigenvalue weighted by atomic mass is 16.1. The van der Waals surface area contributed by atoms with Gasteiger partial charge >= 0.3 is 0 Å². The van der Waals surface area contributed by atoms with E-state index in [0.717, 1.165) is 59.0 Å². The van der Waals surface area contributed by atoms with Crippen LogP contribution < -0.4 is 10.6 Å². The van der Waals surface area contributed by atoms with Crippen LogP contribution in [0.4, 0.5) is 5.82 Å². The van der Waals surface area contributed by atoms with Crippen molar-refractivity contribution in [2.75, 3.05) is 31.1 Å². The predicted molar refractivity (Wildman–Crippen MR) is 139 cm³/mol. The standard InChI is InChI=1S/C26H34N8O/c1-15(2)23-24(19-13-34-26(28-14-29-34)18(5)17(19)4)30-20-6-7-22(31-25(20)23)33-11-10-32(12-16(33)3)9-8-21(27)35/h6-7,13-16,30H,8-12H2,1-5H3,(H2,27,35)/t16-/m0/s1. The SMILES string of the molecule is Cc1c(-c2[nH]c3ccc(N4CCN(CCC(N)=O)C[C@@H]4C)nc3c2C(C)C)cn2ncnc2c1C. The third-order valence-electron chi connectivity index (χ3n) is 7.32. The lowest BCUT2D eigenvalue weighted by molar-refractivity contribution is -0.118. The molecule has 0 aromatic carbocycles. The number of aromatic amines is 1. The van der Waals surface area contributed by atoms with E-state index in [1.54, 1.807) is 6.33 Å². The number of H-pyrrole nitrogens is 1. The second kappa shape index (κ2) is 8.96. The smallest absolute Gasteiger partial charge is 0.218 e. The van der Waals surface area contributed by atoms with Crippen LogP contribution in [0.3, 0.4) is 0 Å². The van der Waals surface area contributed by atoms with Crippen LogP contribution >= 0.6 is 0 Å². The van der Waals surface area contributed by atoms with Gasteiger partial charge in [0.2, 0.25) is 5.91 Å². The molecular formula is C26H34N8O. The first-order valence-corrected chi connectivity index (χ1v) is 12.3. The Morgan fingerprint density at radius 3 is 2.74 bits per heavy atom. The fourth-order valence-electron chi connectivity index (χ4n) is 5.31. The first-order valence-electron chi connectivity index (χ1n) is 12.3. The number of aromatic nitrogens is 5. The molecule has 0 saturated carbocycles. The van der Waals surface area contributed by atoms with Crippen molar-refractivity contribution in [3.8, 4) is 11.3 Å². The van der Waals surface area contributed by atoms with Gasteiger partial charge in [0.15, 0.2) is 5.65 Å². The molecule has 4 aromatic rings. The Bertz CT molecular complexity index is 1400. The predicted octanol–water partition coefficient (Wildman–Crippen LogP) is 3.40. The van der Waals surface area contributed by atoms with Crippen molar-refractivity contribution in [1.82, 2.24) is 29.5 Å². The number of fused-ring (bicyclic) bond motifs is 2. The summed E-state index contributed by atoms with van der Waals surface area (Å²) in [6.07, 6.45) is 4.07. The molecule has 1 aliphatic heterocycles. The highest BCUT2D eigenvalue weighted by Crippen LogP contribution is 2.38. The number of aryl methyl sites for hydroxylation is 1. The number of primary amides is 1. The highest BCUT2D eigenvalue weighted by Gasteiger charge is 2.26. The van der Waals surface area contributed by atoms with Crippen molar-refractivity contribution >= 4 is 28.4 Å². The Morgan fingerprint density at radius 1 is 1.23 bits per heavy atom. The quantitative estimate of drug-likeness (QED) is 0.443. The van der Waals surface area contributed by atoms with Gasteiger partial charge < -0.3 is 15.6 Å². The Kier molecular flexibility index (Phi) is 5.96. The fourth-order valence-corrected chi connectivity index (χ4v) is 5.31. The van der Waals surface area contributed by atoms with Gasteiger partial charge in [-0.1, -0.05) is 13.8 Å². The summed E-state index contributed by atoms with van der Waals surface area (Å²) in [4.78, 5) is 29.1. The van der Waals surface area contributed by atoms with Gasteiger partial charge in [0.1, 0.15) is 12.1 Å². The van der Waals surface area contributed by atoms with E-state index < -0.39 is 0 Å². The summed E-state index contributed by atoms with van der Waals surface area (Å²) in [6.45, 7) is 14.3. The minimum absolute atomic E-state index is 0.245. The molecule has 1 amide bonds. The number of amides is 1. The fraction of sp³-hybridized carbons (Fsp3) is 0.462. The van der Waals surface area contributed by atoms with Crippen LogP contribution in [0, 0.1) is 13.8 Å². The molecule has 184 valence electrons. The van der Waals surface area contributed by atoms with Gasteiger partial charge in [-0.15, -0.1) is 0 Å². The highest BCUT2D eigenvalue weighted by molar-refractivity contribution is 5.90. The second-order valence-corrected chi connectivity index (χ2v) is 10.0. The molecular weight excluding hydrogens is 440 g/mol. The largest absolute Gasteiger partial charge is 0.370 e. The molecule has 4 aromatic heterocycles. The summed E-state index contributed by atoms with van der Waals surface area (Å²) < 4.78 is 1.85. The maximum absolute atomic E-state index is 11.2. The van der Waals surface area contributed by atoms with E-state index in [4.69, 9.17) is 10.7 Å². The molecule has 3 N–H and O–H groups in total. The molecule has 1 fully saturated rings. The summed E-state index contributed by atoms with van der Waals surface area (Å²) in [5, 5.41) is 4.39. The second-order valence-electron chi connectivity index (χ2n) is 10.0. The molecule has 0 unspecified atom stereocenters. The monoisotopic (exact) mass is 474 g/mol. The maximum atomic E-state index is 11.2. The van der Waals surface area contributed by atoms with Crippen molar-refractivity contribution < 1.29 is 4.79 Å². The van der Waals surface area contributed by atoms with Gasteiger partial charge in [0, 0.05) is 56.0 Å². The van der Waals surface area contributed by atoms with Gasteiger partial charge in [0.05, 0.1) is 16.7 Å². The zero-order chi connectivity index (χ0) is 24.9. The minimum atomic E-state index is -0.245. The van der Waals surface area contributed by atoms with Crippen molar-refractivity contribution in [1.29, 1.82) is 0 Å². The number of nitrogens with zero attached hydrogens (tertiary/aromatic N) is 6. The molecule has 0 bridgehead atoms. The number of nitrogens with one attached hydrogen (secondary N) is 1. The van der Waals surface area contributed by atoms with E-state index in [2.05, 4.69) is 77.8 Å².